The van der Waals surface area contributed by atoms with Crippen LogP contribution in [0.2, 0.25) is 0 Å². The first-order valence-corrected chi connectivity index (χ1v) is 9.64. The molecule has 4 rings (SSSR count). The minimum Gasteiger partial charge on any atom is -0.481 e. The topological polar surface area (TPSA) is 81.0 Å². The third kappa shape index (κ3) is 4.13. The summed E-state index contributed by atoms with van der Waals surface area (Å²) in [4.78, 5) is 27.4. The van der Waals surface area contributed by atoms with Crippen LogP contribution in [0.15, 0.2) is 52.9 Å². The number of fused-ring (bicyclic) bond motifs is 1. The Bertz CT molecular complexity index is 1060. The van der Waals surface area contributed by atoms with E-state index < -0.39 is 17.8 Å². The molecular formula is C22H21FN2O5. The van der Waals surface area contributed by atoms with Crippen molar-refractivity contribution in [2.75, 3.05) is 31.6 Å². The van der Waals surface area contributed by atoms with Gasteiger partial charge in [0, 0.05) is 18.5 Å². The van der Waals surface area contributed by atoms with Crippen molar-refractivity contribution in [1.29, 1.82) is 0 Å². The average Bonchev–Trinajstić information content (AvgIpc) is 3.13. The molecule has 156 valence electrons. The van der Waals surface area contributed by atoms with Crippen LogP contribution in [-0.2, 0) is 9.53 Å². The van der Waals surface area contributed by atoms with E-state index >= 15 is 0 Å². The highest BCUT2D eigenvalue weighted by Crippen LogP contribution is 2.32. The van der Waals surface area contributed by atoms with Gasteiger partial charge in [-0.15, -0.1) is 0 Å². The van der Waals surface area contributed by atoms with Gasteiger partial charge in [0.15, 0.2) is 6.10 Å². The molecule has 1 atom stereocenters. The Labute approximate surface area is 172 Å². The highest BCUT2D eigenvalue weighted by Gasteiger charge is 2.28. The van der Waals surface area contributed by atoms with Crippen molar-refractivity contribution in [1.82, 2.24) is 4.90 Å². The number of anilines is 1. The number of halogens is 1. The van der Waals surface area contributed by atoms with Crippen molar-refractivity contribution in [2.24, 2.45) is 0 Å². The number of rotatable bonds is 5. The van der Waals surface area contributed by atoms with E-state index in [1.807, 2.05) is 0 Å². The summed E-state index contributed by atoms with van der Waals surface area (Å²) in [5.74, 6) is -0.726. The molecule has 1 saturated heterocycles. The number of furan rings is 1. The Morgan fingerprint density at radius 1 is 1.10 bits per heavy atom. The monoisotopic (exact) mass is 412 g/mol. The molecule has 0 bridgehead atoms. The molecule has 1 fully saturated rings. The Kier molecular flexibility index (Phi) is 5.67. The molecular weight excluding hydrogens is 391 g/mol. The normalized spacial score (nSPS) is 15.1. The molecule has 1 aromatic heterocycles. The van der Waals surface area contributed by atoms with Crippen LogP contribution in [0.4, 0.5) is 10.1 Å². The van der Waals surface area contributed by atoms with Crippen LogP contribution in [0, 0.1) is 5.82 Å². The smallest absolute Gasteiger partial charge is 0.291 e. The van der Waals surface area contributed by atoms with Crippen LogP contribution in [0.3, 0.4) is 0 Å². The maximum Gasteiger partial charge on any atom is 0.291 e. The van der Waals surface area contributed by atoms with Gasteiger partial charge in [0.05, 0.1) is 13.2 Å². The summed E-state index contributed by atoms with van der Waals surface area (Å²) < 4.78 is 29.8. The van der Waals surface area contributed by atoms with Crippen LogP contribution in [0.1, 0.15) is 17.5 Å². The summed E-state index contributed by atoms with van der Waals surface area (Å²) >= 11 is 0. The number of amides is 2. The molecule has 2 aromatic carbocycles. The summed E-state index contributed by atoms with van der Waals surface area (Å²) in [5, 5.41) is 3.40. The first-order valence-electron chi connectivity index (χ1n) is 9.64. The Morgan fingerprint density at radius 3 is 2.53 bits per heavy atom. The van der Waals surface area contributed by atoms with Gasteiger partial charge in [-0.2, -0.15) is 0 Å². The number of para-hydroxylation sites is 1. The molecule has 0 saturated carbocycles. The standard InChI is InChI=1S/C22H21FN2O5/c1-14(29-16-8-6-15(23)7-9-16)21(26)24-19-17-4-2-3-5-18(17)30-20(19)22(27)25-10-12-28-13-11-25/h2-9,14H,10-13H2,1H3,(H,24,26)/t14-/m1/s1. The third-order valence-corrected chi connectivity index (χ3v) is 4.83. The van der Waals surface area contributed by atoms with Gasteiger partial charge >= 0.3 is 0 Å². The van der Waals surface area contributed by atoms with E-state index in [-0.39, 0.29) is 11.7 Å². The molecule has 2 amide bonds. The fourth-order valence-electron chi connectivity index (χ4n) is 3.23. The quantitative estimate of drug-likeness (QED) is 0.694. The lowest BCUT2D eigenvalue weighted by Crippen LogP contribution is -2.41. The van der Waals surface area contributed by atoms with Crippen molar-refractivity contribution in [3.05, 3.63) is 60.1 Å². The van der Waals surface area contributed by atoms with E-state index in [4.69, 9.17) is 13.9 Å². The molecule has 7 nitrogen and oxygen atoms in total. The van der Waals surface area contributed by atoms with Gasteiger partial charge in [-0.1, -0.05) is 12.1 Å². The molecule has 2 heterocycles. The van der Waals surface area contributed by atoms with Crippen molar-refractivity contribution in [2.45, 2.75) is 13.0 Å². The zero-order valence-electron chi connectivity index (χ0n) is 16.4. The van der Waals surface area contributed by atoms with E-state index in [2.05, 4.69) is 5.32 Å². The number of hydrogen-bond acceptors (Lipinski definition) is 5. The van der Waals surface area contributed by atoms with Gasteiger partial charge in [-0.05, 0) is 43.3 Å². The van der Waals surface area contributed by atoms with Gasteiger partial charge in [-0.25, -0.2) is 4.39 Å². The van der Waals surface area contributed by atoms with Gasteiger partial charge in [0.1, 0.15) is 22.8 Å². The number of benzene rings is 2. The fraction of sp³-hybridized carbons (Fsp3) is 0.273. The van der Waals surface area contributed by atoms with Crippen molar-refractivity contribution >= 4 is 28.5 Å². The lowest BCUT2D eigenvalue weighted by Gasteiger charge is -2.26. The molecule has 1 aliphatic heterocycles. The second-order valence-electron chi connectivity index (χ2n) is 6.91. The Hall–Kier alpha value is -3.39. The van der Waals surface area contributed by atoms with Crippen molar-refractivity contribution < 1.29 is 27.9 Å². The van der Waals surface area contributed by atoms with Crippen LogP contribution in [0.5, 0.6) is 5.75 Å². The molecule has 1 aliphatic rings. The number of hydrogen-bond donors (Lipinski definition) is 1. The molecule has 1 N–H and O–H groups in total. The Balaban J connectivity index is 1.58. The number of nitrogens with one attached hydrogen (secondary N) is 1. The van der Waals surface area contributed by atoms with Crippen LogP contribution < -0.4 is 10.1 Å². The summed E-state index contributed by atoms with van der Waals surface area (Å²) in [6.45, 7) is 3.39. The molecule has 3 aromatic rings. The molecule has 0 unspecified atom stereocenters. The zero-order chi connectivity index (χ0) is 21.1. The van der Waals surface area contributed by atoms with Crippen LogP contribution in [0.25, 0.3) is 11.0 Å². The number of carbonyl (C=O) groups excluding carboxylic acids is 2. The average molecular weight is 412 g/mol. The molecule has 0 aliphatic carbocycles. The molecule has 30 heavy (non-hydrogen) atoms. The number of morpholine rings is 1. The number of carbonyl (C=O) groups is 2. The van der Waals surface area contributed by atoms with E-state index in [9.17, 15) is 14.0 Å². The van der Waals surface area contributed by atoms with E-state index in [0.717, 1.165) is 0 Å². The SMILES string of the molecule is C[C@@H](Oc1ccc(F)cc1)C(=O)Nc1c(C(=O)N2CCOCC2)oc2ccccc12. The van der Waals surface area contributed by atoms with E-state index in [1.165, 1.54) is 24.3 Å². The zero-order valence-corrected chi connectivity index (χ0v) is 16.4. The third-order valence-electron chi connectivity index (χ3n) is 4.83. The highest BCUT2D eigenvalue weighted by molar-refractivity contribution is 6.11. The largest absolute Gasteiger partial charge is 0.481 e. The second-order valence-corrected chi connectivity index (χ2v) is 6.91. The summed E-state index contributed by atoms with van der Waals surface area (Å²) in [6, 6.07) is 12.5. The van der Waals surface area contributed by atoms with Crippen molar-refractivity contribution in [3.8, 4) is 5.75 Å². The predicted octanol–water partition coefficient (Wildman–Crippen LogP) is 3.45. The Morgan fingerprint density at radius 2 is 1.80 bits per heavy atom. The minimum absolute atomic E-state index is 0.0698. The van der Waals surface area contributed by atoms with Crippen molar-refractivity contribution in [3.63, 3.8) is 0 Å². The van der Waals surface area contributed by atoms with Gasteiger partial charge in [0.2, 0.25) is 5.76 Å². The lowest BCUT2D eigenvalue weighted by atomic mass is 10.2. The molecule has 8 heteroatoms. The summed E-state index contributed by atoms with van der Waals surface area (Å²) in [7, 11) is 0. The lowest BCUT2D eigenvalue weighted by molar-refractivity contribution is -0.122. The number of ether oxygens (including phenoxy) is 2. The minimum atomic E-state index is -0.879. The maximum atomic E-state index is 13.1. The summed E-state index contributed by atoms with van der Waals surface area (Å²) in [5.41, 5.74) is 0.804. The predicted molar refractivity (Wildman–Crippen MR) is 108 cm³/mol. The first-order chi connectivity index (χ1) is 14.5. The maximum absolute atomic E-state index is 13.1. The number of nitrogens with zero attached hydrogens (tertiary/aromatic N) is 1. The first kappa shape index (κ1) is 19.9. The van der Waals surface area contributed by atoms with Crippen LogP contribution >= 0.6 is 0 Å². The van der Waals surface area contributed by atoms with Gasteiger partial charge in [0.25, 0.3) is 11.8 Å². The molecule has 0 radical (unpaired) electrons. The van der Waals surface area contributed by atoms with E-state index in [0.29, 0.717) is 48.7 Å². The highest BCUT2D eigenvalue weighted by atomic mass is 19.1. The second kappa shape index (κ2) is 8.54. The van der Waals surface area contributed by atoms with Gasteiger partial charge in [-0.3, -0.25) is 9.59 Å². The summed E-state index contributed by atoms with van der Waals surface area (Å²) in [6.07, 6.45) is -0.879. The van der Waals surface area contributed by atoms with E-state index in [1.54, 1.807) is 36.1 Å². The van der Waals surface area contributed by atoms with Crippen LogP contribution in [-0.4, -0.2) is 49.1 Å². The fourth-order valence-corrected chi connectivity index (χ4v) is 3.23. The molecule has 0 spiro atoms. The van der Waals surface area contributed by atoms with Gasteiger partial charge < -0.3 is 24.1 Å².